The second-order valence-corrected chi connectivity index (χ2v) is 7.60. The van der Waals surface area contributed by atoms with Gasteiger partial charge in [-0.15, -0.1) is 0 Å². The SMILES string of the molecule is COc1ccc(/C=C2\Oc3c(ccc4c3C(c3cc(F)c(F)c(F)c3)CC(=O)O4)C2=O)cc1. The van der Waals surface area contributed by atoms with Gasteiger partial charge in [-0.05, 0) is 53.6 Å². The number of methoxy groups -OCH3 is 1. The van der Waals surface area contributed by atoms with Crippen molar-refractivity contribution in [1.82, 2.24) is 0 Å². The normalized spacial score (nSPS) is 17.9. The molecule has 0 fully saturated rings. The Hall–Kier alpha value is -4.07. The molecule has 33 heavy (non-hydrogen) atoms. The maximum absolute atomic E-state index is 13.9. The van der Waals surface area contributed by atoms with Gasteiger partial charge < -0.3 is 14.2 Å². The van der Waals surface area contributed by atoms with Crippen molar-refractivity contribution in [2.45, 2.75) is 12.3 Å². The largest absolute Gasteiger partial charge is 0.497 e. The molecule has 0 saturated carbocycles. The average Bonchev–Trinajstić information content (AvgIpc) is 3.12. The molecule has 0 aliphatic carbocycles. The van der Waals surface area contributed by atoms with Gasteiger partial charge in [0, 0.05) is 11.5 Å². The molecule has 0 radical (unpaired) electrons. The van der Waals surface area contributed by atoms with Crippen molar-refractivity contribution in [2.75, 3.05) is 7.11 Å². The number of ether oxygens (including phenoxy) is 3. The third-order valence-corrected chi connectivity index (χ3v) is 5.60. The van der Waals surface area contributed by atoms with Gasteiger partial charge in [-0.2, -0.15) is 0 Å². The minimum absolute atomic E-state index is 0.0290. The van der Waals surface area contributed by atoms with Crippen molar-refractivity contribution < 1.29 is 37.0 Å². The van der Waals surface area contributed by atoms with Crippen LogP contribution in [0.2, 0.25) is 0 Å². The van der Waals surface area contributed by atoms with Gasteiger partial charge in [-0.1, -0.05) is 12.1 Å². The summed E-state index contributed by atoms with van der Waals surface area (Å²) in [6, 6.07) is 11.5. The zero-order valence-electron chi connectivity index (χ0n) is 17.2. The van der Waals surface area contributed by atoms with Crippen LogP contribution in [0.1, 0.15) is 39.4 Å². The fraction of sp³-hybridized carbons (Fsp3) is 0.120. The van der Waals surface area contributed by atoms with Crippen LogP contribution in [0, 0.1) is 17.5 Å². The first-order valence-corrected chi connectivity index (χ1v) is 9.96. The maximum Gasteiger partial charge on any atom is 0.312 e. The Morgan fingerprint density at radius 2 is 1.67 bits per heavy atom. The van der Waals surface area contributed by atoms with Crippen molar-refractivity contribution in [3.05, 3.63) is 94.0 Å². The number of hydrogen-bond acceptors (Lipinski definition) is 5. The number of ketones is 1. The van der Waals surface area contributed by atoms with E-state index in [1.807, 2.05) is 0 Å². The highest BCUT2D eigenvalue weighted by Crippen LogP contribution is 2.49. The molecule has 1 atom stereocenters. The predicted molar refractivity (Wildman–Crippen MR) is 111 cm³/mol. The number of fused-ring (bicyclic) bond motifs is 3. The van der Waals surface area contributed by atoms with Gasteiger partial charge in [-0.25, -0.2) is 13.2 Å². The van der Waals surface area contributed by atoms with E-state index in [2.05, 4.69) is 0 Å². The van der Waals surface area contributed by atoms with E-state index < -0.39 is 35.1 Å². The van der Waals surface area contributed by atoms with E-state index in [0.717, 1.165) is 12.1 Å². The Balaban J connectivity index is 1.60. The molecule has 3 aromatic rings. The second kappa shape index (κ2) is 7.81. The Labute approximate surface area is 186 Å². The van der Waals surface area contributed by atoms with Gasteiger partial charge in [0.2, 0.25) is 5.78 Å². The molecule has 1 unspecified atom stereocenters. The highest BCUT2D eigenvalue weighted by atomic mass is 19.2. The molecule has 5 rings (SSSR count). The summed E-state index contributed by atoms with van der Waals surface area (Å²) in [7, 11) is 1.54. The van der Waals surface area contributed by atoms with Crippen molar-refractivity contribution in [1.29, 1.82) is 0 Å². The molecular weight excluding hydrogens is 437 g/mol. The predicted octanol–water partition coefficient (Wildman–Crippen LogP) is 5.17. The summed E-state index contributed by atoms with van der Waals surface area (Å²) in [5, 5.41) is 0. The third-order valence-electron chi connectivity index (χ3n) is 5.60. The smallest absolute Gasteiger partial charge is 0.312 e. The third kappa shape index (κ3) is 3.53. The van der Waals surface area contributed by atoms with Crippen LogP contribution in [-0.2, 0) is 4.79 Å². The van der Waals surface area contributed by atoms with E-state index in [1.54, 1.807) is 37.5 Å². The first-order valence-electron chi connectivity index (χ1n) is 9.96. The number of halogens is 3. The van der Waals surface area contributed by atoms with Crippen LogP contribution in [0.15, 0.2) is 54.3 Å². The lowest BCUT2D eigenvalue weighted by atomic mass is 9.84. The molecule has 0 spiro atoms. The van der Waals surface area contributed by atoms with Gasteiger partial charge in [0.15, 0.2) is 23.2 Å². The number of carbonyl (C=O) groups is 2. The summed E-state index contributed by atoms with van der Waals surface area (Å²) in [5.74, 6) is -5.34. The molecule has 0 saturated heterocycles. The van der Waals surface area contributed by atoms with E-state index in [1.165, 1.54) is 12.1 Å². The van der Waals surface area contributed by atoms with E-state index in [9.17, 15) is 22.8 Å². The molecule has 2 aliphatic rings. The van der Waals surface area contributed by atoms with Crippen LogP contribution >= 0.6 is 0 Å². The molecular formula is C25H15F3O5. The number of rotatable bonds is 3. The van der Waals surface area contributed by atoms with Gasteiger partial charge in [0.05, 0.1) is 19.1 Å². The fourth-order valence-corrected chi connectivity index (χ4v) is 4.02. The summed E-state index contributed by atoms with van der Waals surface area (Å²) in [6.07, 6.45) is 1.29. The minimum Gasteiger partial charge on any atom is -0.497 e. The molecule has 8 heteroatoms. The summed E-state index contributed by atoms with van der Waals surface area (Å²) in [6.45, 7) is 0. The molecule has 0 aromatic heterocycles. The summed E-state index contributed by atoms with van der Waals surface area (Å²) < 4.78 is 57.6. The summed E-state index contributed by atoms with van der Waals surface area (Å²) in [5.41, 5.74) is 1.23. The van der Waals surface area contributed by atoms with Crippen molar-refractivity contribution in [2.24, 2.45) is 0 Å². The van der Waals surface area contributed by atoms with Crippen LogP contribution in [-0.4, -0.2) is 18.9 Å². The Kier molecular flexibility index (Phi) is 4.92. The van der Waals surface area contributed by atoms with Crippen LogP contribution in [0.3, 0.4) is 0 Å². The molecule has 166 valence electrons. The van der Waals surface area contributed by atoms with E-state index in [-0.39, 0.29) is 34.8 Å². The Bertz CT molecular complexity index is 1320. The topological polar surface area (TPSA) is 61.8 Å². The zero-order valence-corrected chi connectivity index (χ0v) is 17.2. The van der Waals surface area contributed by atoms with Gasteiger partial charge in [0.1, 0.15) is 17.2 Å². The van der Waals surface area contributed by atoms with Crippen LogP contribution in [0.25, 0.3) is 6.08 Å². The summed E-state index contributed by atoms with van der Waals surface area (Å²) >= 11 is 0. The highest BCUT2D eigenvalue weighted by Gasteiger charge is 2.39. The highest BCUT2D eigenvalue weighted by molar-refractivity contribution is 6.15. The van der Waals surface area contributed by atoms with E-state index in [4.69, 9.17) is 14.2 Å². The second-order valence-electron chi connectivity index (χ2n) is 7.60. The van der Waals surface area contributed by atoms with Crippen molar-refractivity contribution in [3.63, 3.8) is 0 Å². The lowest BCUT2D eigenvalue weighted by molar-refractivity contribution is -0.135. The van der Waals surface area contributed by atoms with E-state index >= 15 is 0 Å². The lowest BCUT2D eigenvalue weighted by Crippen LogP contribution is -2.22. The van der Waals surface area contributed by atoms with Crippen LogP contribution in [0.4, 0.5) is 13.2 Å². The number of benzene rings is 3. The first-order chi connectivity index (χ1) is 15.9. The quantitative estimate of drug-likeness (QED) is 0.238. The molecule has 0 bridgehead atoms. The van der Waals surface area contributed by atoms with E-state index in [0.29, 0.717) is 16.9 Å². The van der Waals surface area contributed by atoms with Gasteiger partial charge in [-0.3, -0.25) is 9.59 Å². The monoisotopic (exact) mass is 452 g/mol. The molecule has 2 heterocycles. The number of Topliss-reactive ketones (excluding diaryl/α,β-unsaturated/α-hetero) is 1. The van der Waals surface area contributed by atoms with Gasteiger partial charge in [0.25, 0.3) is 0 Å². The summed E-state index contributed by atoms with van der Waals surface area (Å²) in [4.78, 5) is 25.1. The lowest BCUT2D eigenvalue weighted by Gasteiger charge is -2.26. The molecule has 5 nitrogen and oxygen atoms in total. The number of hydrogen-bond donors (Lipinski definition) is 0. The van der Waals surface area contributed by atoms with Gasteiger partial charge >= 0.3 is 5.97 Å². The Morgan fingerprint density at radius 1 is 0.970 bits per heavy atom. The Morgan fingerprint density at radius 3 is 2.33 bits per heavy atom. The zero-order chi connectivity index (χ0) is 23.3. The van der Waals surface area contributed by atoms with Crippen LogP contribution in [0.5, 0.6) is 17.2 Å². The minimum atomic E-state index is -1.60. The van der Waals surface area contributed by atoms with Crippen LogP contribution < -0.4 is 14.2 Å². The maximum atomic E-state index is 13.9. The molecule has 0 amide bonds. The molecule has 2 aliphatic heterocycles. The molecule has 0 N–H and O–H groups in total. The number of esters is 1. The standard InChI is InChI=1S/C25H15F3O5/c1-31-14-4-2-12(3-5-14)8-20-24(30)15-6-7-19-22(25(15)33-20)16(11-21(29)32-19)13-9-17(26)23(28)18(27)10-13/h2-10,16H,11H2,1H3/b20-8-. The van der Waals surface area contributed by atoms with Crippen molar-refractivity contribution >= 4 is 17.8 Å². The molecule has 3 aromatic carbocycles. The first kappa shape index (κ1) is 20.8. The van der Waals surface area contributed by atoms with Crippen molar-refractivity contribution in [3.8, 4) is 17.2 Å². The average molecular weight is 452 g/mol. The fourth-order valence-electron chi connectivity index (χ4n) is 4.02. The number of carbonyl (C=O) groups excluding carboxylic acids is 2. The number of allylic oxidation sites excluding steroid dienone is 1.